The van der Waals surface area contributed by atoms with Crippen molar-refractivity contribution in [3.05, 3.63) is 11.9 Å². The largest absolute Gasteiger partial charge is 0.479 e. The summed E-state index contributed by atoms with van der Waals surface area (Å²) in [5.74, 6) is -1.61. The van der Waals surface area contributed by atoms with Crippen LogP contribution < -0.4 is 10.5 Å². The lowest BCUT2D eigenvalue weighted by molar-refractivity contribution is -0.153. The van der Waals surface area contributed by atoms with Gasteiger partial charge in [-0.05, 0) is 0 Å². The Bertz CT molecular complexity index is 397. The fourth-order valence-electron chi connectivity index (χ4n) is 0.984. The summed E-state index contributed by atoms with van der Waals surface area (Å²) in [7, 11) is 1.30. The van der Waals surface area contributed by atoms with Gasteiger partial charge in [-0.15, -0.1) is 0 Å². The highest BCUT2D eigenvalue weighted by molar-refractivity contribution is 5.72. The van der Waals surface area contributed by atoms with Crippen molar-refractivity contribution < 1.29 is 24.9 Å². The van der Waals surface area contributed by atoms with E-state index in [1.54, 1.807) is 0 Å². The summed E-state index contributed by atoms with van der Waals surface area (Å²) in [4.78, 5) is 17.8. The minimum absolute atomic E-state index is 0.00302. The Hall–Kier alpha value is -1.93. The van der Waals surface area contributed by atoms with Crippen LogP contribution in [0.1, 0.15) is 11.8 Å². The van der Waals surface area contributed by atoms with Gasteiger partial charge in [0.15, 0.2) is 11.9 Å². The molecule has 0 aliphatic heterocycles. The Morgan fingerprint density at radius 3 is 2.69 bits per heavy atom. The topological polar surface area (TPSA) is 139 Å². The molecular weight excluding hydrogens is 218 g/mol. The normalized spacial score (nSPS) is 14.2. The number of aliphatic hydroxyl groups excluding tert-OH is 2. The molecule has 88 valence electrons. The predicted molar refractivity (Wildman–Crippen MR) is 51.6 cm³/mol. The summed E-state index contributed by atoms with van der Waals surface area (Å²) >= 11 is 0. The first-order chi connectivity index (χ1) is 7.47. The van der Waals surface area contributed by atoms with Crippen LogP contribution >= 0.6 is 0 Å². The molecule has 0 saturated heterocycles. The summed E-state index contributed by atoms with van der Waals surface area (Å²) in [5, 5.41) is 27.0. The van der Waals surface area contributed by atoms with Crippen LogP contribution in [0.15, 0.2) is 6.20 Å². The predicted octanol–water partition coefficient (Wildman–Crippen LogP) is -1.45. The number of hydrogen-bond donors (Lipinski definition) is 4. The highest BCUT2D eigenvalue weighted by Gasteiger charge is 2.27. The number of nitrogens with zero attached hydrogens (tertiary/aromatic N) is 2. The van der Waals surface area contributed by atoms with Crippen LogP contribution in [-0.2, 0) is 4.79 Å². The molecule has 2 unspecified atom stereocenters. The Morgan fingerprint density at radius 2 is 2.19 bits per heavy atom. The van der Waals surface area contributed by atoms with Gasteiger partial charge in [-0.2, -0.15) is 0 Å². The van der Waals surface area contributed by atoms with E-state index in [9.17, 15) is 9.90 Å². The van der Waals surface area contributed by atoms with E-state index in [-0.39, 0.29) is 17.4 Å². The monoisotopic (exact) mass is 229 g/mol. The van der Waals surface area contributed by atoms with E-state index < -0.39 is 18.2 Å². The van der Waals surface area contributed by atoms with Gasteiger partial charge in [-0.25, -0.2) is 14.8 Å². The molecule has 16 heavy (non-hydrogen) atoms. The average molecular weight is 229 g/mol. The number of ether oxygens (including phenoxy) is 1. The van der Waals surface area contributed by atoms with Crippen LogP contribution in [0, 0.1) is 0 Å². The van der Waals surface area contributed by atoms with E-state index in [0.29, 0.717) is 0 Å². The van der Waals surface area contributed by atoms with E-state index in [4.69, 9.17) is 20.7 Å². The minimum Gasteiger partial charge on any atom is -0.479 e. The van der Waals surface area contributed by atoms with Crippen molar-refractivity contribution in [2.75, 3.05) is 12.8 Å². The Labute approximate surface area is 90.3 Å². The second-order valence-corrected chi connectivity index (χ2v) is 2.92. The van der Waals surface area contributed by atoms with Gasteiger partial charge in [0.2, 0.25) is 0 Å². The number of aliphatic carboxylic acids is 1. The molecule has 0 radical (unpaired) electrons. The van der Waals surface area contributed by atoms with Crippen LogP contribution in [0.25, 0.3) is 0 Å². The molecule has 8 heteroatoms. The molecule has 1 aromatic rings. The third-order valence-electron chi connectivity index (χ3n) is 1.83. The number of aromatic nitrogens is 2. The minimum atomic E-state index is -1.98. The number of carboxylic acids is 1. The van der Waals surface area contributed by atoms with Crippen molar-refractivity contribution >= 4 is 11.8 Å². The molecular formula is C8H11N3O5. The van der Waals surface area contributed by atoms with E-state index in [2.05, 4.69) is 9.97 Å². The number of carbonyl (C=O) groups is 1. The number of methoxy groups -OCH3 is 1. The quantitative estimate of drug-likeness (QED) is 0.491. The maximum absolute atomic E-state index is 10.4. The second kappa shape index (κ2) is 4.73. The van der Waals surface area contributed by atoms with Crippen molar-refractivity contribution in [3.8, 4) is 5.88 Å². The lowest BCUT2D eigenvalue weighted by atomic mass is 10.1. The van der Waals surface area contributed by atoms with Crippen molar-refractivity contribution in [2.45, 2.75) is 12.2 Å². The first kappa shape index (κ1) is 12.1. The second-order valence-electron chi connectivity index (χ2n) is 2.92. The molecule has 5 N–H and O–H groups in total. The third-order valence-corrected chi connectivity index (χ3v) is 1.83. The molecule has 2 atom stereocenters. The lowest BCUT2D eigenvalue weighted by Crippen LogP contribution is -2.28. The lowest BCUT2D eigenvalue weighted by Gasteiger charge is -2.13. The summed E-state index contributed by atoms with van der Waals surface area (Å²) in [6.07, 6.45) is -2.61. The van der Waals surface area contributed by atoms with Crippen molar-refractivity contribution in [3.63, 3.8) is 0 Å². The number of nitrogen functional groups attached to an aromatic ring is 1. The molecule has 1 aromatic heterocycles. The SMILES string of the molecule is COc1nc(C(O)C(O)C(=O)O)cnc1N. The van der Waals surface area contributed by atoms with E-state index in [0.717, 1.165) is 6.20 Å². The number of rotatable bonds is 4. The summed E-state index contributed by atoms with van der Waals surface area (Å²) in [5.41, 5.74) is 5.24. The number of hydrogen-bond acceptors (Lipinski definition) is 7. The fourth-order valence-corrected chi connectivity index (χ4v) is 0.984. The zero-order chi connectivity index (χ0) is 12.3. The zero-order valence-corrected chi connectivity index (χ0v) is 8.36. The Balaban J connectivity index is 3.00. The molecule has 0 aliphatic rings. The zero-order valence-electron chi connectivity index (χ0n) is 8.36. The molecule has 0 fully saturated rings. The molecule has 0 aliphatic carbocycles. The van der Waals surface area contributed by atoms with Gasteiger partial charge < -0.3 is 25.8 Å². The first-order valence-corrected chi connectivity index (χ1v) is 4.22. The summed E-state index contributed by atoms with van der Waals surface area (Å²) in [6.45, 7) is 0. The summed E-state index contributed by atoms with van der Waals surface area (Å²) in [6, 6.07) is 0. The van der Waals surface area contributed by atoms with Gasteiger partial charge >= 0.3 is 5.97 Å². The number of anilines is 1. The Morgan fingerprint density at radius 1 is 1.56 bits per heavy atom. The molecule has 0 spiro atoms. The fraction of sp³-hybridized carbons (Fsp3) is 0.375. The van der Waals surface area contributed by atoms with Crippen molar-refractivity contribution in [1.82, 2.24) is 9.97 Å². The van der Waals surface area contributed by atoms with Gasteiger partial charge in [-0.3, -0.25) is 0 Å². The van der Waals surface area contributed by atoms with Gasteiger partial charge in [0, 0.05) is 0 Å². The van der Waals surface area contributed by atoms with Crippen molar-refractivity contribution in [1.29, 1.82) is 0 Å². The Kier molecular flexibility index (Phi) is 3.59. The molecule has 0 amide bonds. The average Bonchev–Trinajstić information content (AvgIpc) is 2.27. The van der Waals surface area contributed by atoms with Crippen LogP contribution in [-0.4, -0.2) is 44.5 Å². The van der Waals surface area contributed by atoms with E-state index in [1.807, 2.05) is 0 Å². The molecule has 0 bridgehead atoms. The van der Waals surface area contributed by atoms with Crippen LogP contribution in [0.4, 0.5) is 5.82 Å². The summed E-state index contributed by atoms with van der Waals surface area (Å²) < 4.78 is 4.74. The first-order valence-electron chi connectivity index (χ1n) is 4.22. The van der Waals surface area contributed by atoms with Gasteiger partial charge in [-0.1, -0.05) is 0 Å². The van der Waals surface area contributed by atoms with Gasteiger partial charge in [0.1, 0.15) is 6.10 Å². The van der Waals surface area contributed by atoms with E-state index in [1.165, 1.54) is 7.11 Å². The molecule has 1 heterocycles. The van der Waals surface area contributed by atoms with Gasteiger partial charge in [0.05, 0.1) is 19.0 Å². The molecule has 0 saturated carbocycles. The maximum atomic E-state index is 10.4. The van der Waals surface area contributed by atoms with Crippen molar-refractivity contribution in [2.24, 2.45) is 0 Å². The number of aliphatic hydroxyl groups is 2. The highest BCUT2D eigenvalue weighted by Crippen LogP contribution is 2.20. The molecule has 8 nitrogen and oxygen atoms in total. The van der Waals surface area contributed by atoms with Crippen LogP contribution in [0.5, 0.6) is 5.88 Å². The third kappa shape index (κ3) is 2.35. The molecule has 1 rings (SSSR count). The molecule has 0 aromatic carbocycles. The standard InChI is InChI=1S/C8H11N3O5/c1-16-7-6(9)10-2-3(11-7)4(12)5(13)8(14)15/h2,4-5,12-13H,1H3,(H2,9,10)(H,14,15). The van der Waals surface area contributed by atoms with Crippen LogP contribution in [0.2, 0.25) is 0 Å². The number of carboxylic acid groups (broad SMARTS) is 1. The number of nitrogens with two attached hydrogens (primary N) is 1. The highest BCUT2D eigenvalue weighted by atomic mass is 16.5. The van der Waals surface area contributed by atoms with E-state index >= 15 is 0 Å². The van der Waals surface area contributed by atoms with Crippen LogP contribution in [0.3, 0.4) is 0 Å². The van der Waals surface area contributed by atoms with Gasteiger partial charge in [0.25, 0.3) is 5.88 Å². The maximum Gasteiger partial charge on any atom is 0.335 e. The smallest absolute Gasteiger partial charge is 0.335 e.